The number of aromatic nitrogens is 2. The summed E-state index contributed by atoms with van der Waals surface area (Å²) in [6.45, 7) is 3.93. The molecule has 0 bridgehead atoms. The van der Waals surface area contributed by atoms with Gasteiger partial charge in [0.1, 0.15) is 0 Å². The quantitative estimate of drug-likeness (QED) is 0.830. The predicted octanol–water partition coefficient (Wildman–Crippen LogP) is 2.80. The van der Waals surface area contributed by atoms with Gasteiger partial charge in [0.05, 0.1) is 5.25 Å². The lowest BCUT2D eigenvalue weighted by molar-refractivity contribution is -0.115. The monoisotopic (exact) mass is 308 g/mol. The second-order valence-corrected chi connectivity index (χ2v) is 6.80. The number of benzene rings is 1. The SMILES string of the molecule is CCc1ccc(NC(=O)C(C)Sc2nnc(N)s2)cc1. The van der Waals surface area contributed by atoms with Crippen LogP contribution in [0.25, 0.3) is 0 Å². The van der Waals surface area contributed by atoms with Crippen molar-refractivity contribution in [3.05, 3.63) is 29.8 Å². The summed E-state index contributed by atoms with van der Waals surface area (Å²) in [5.74, 6) is -0.0620. The van der Waals surface area contributed by atoms with Crippen molar-refractivity contribution in [2.75, 3.05) is 11.1 Å². The number of aryl methyl sites for hydroxylation is 1. The van der Waals surface area contributed by atoms with Gasteiger partial charge >= 0.3 is 0 Å². The van der Waals surface area contributed by atoms with Gasteiger partial charge in [-0.3, -0.25) is 4.79 Å². The number of nitrogen functional groups attached to an aromatic ring is 1. The van der Waals surface area contributed by atoms with Crippen LogP contribution in [0.1, 0.15) is 19.4 Å². The minimum Gasteiger partial charge on any atom is -0.374 e. The lowest BCUT2D eigenvalue weighted by atomic mass is 10.1. The number of nitrogens with zero attached hydrogens (tertiary/aromatic N) is 2. The molecule has 1 aromatic heterocycles. The molecule has 0 spiro atoms. The maximum Gasteiger partial charge on any atom is 0.237 e. The van der Waals surface area contributed by atoms with Crippen LogP contribution >= 0.6 is 23.1 Å². The lowest BCUT2D eigenvalue weighted by Crippen LogP contribution is -2.22. The molecule has 20 heavy (non-hydrogen) atoms. The third-order valence-electron chi connectivity index (χ3n) is 2.70. The zero-order valence-electron chi connectivity index (χ0n) is 11.3. The van der Waals surface area contributed by atoms with E-state index in [9.17, 15) is 4.79 Å². The van der Waals surface area contributed by atoms with Gasteiger partial charge in [-0.2, -0.15) is 0 Å². The minimum absolute atomic E-state index is 0.0620. The summed E-state index contributed by atoms with van der Waals surface area (Å²) in [6.07, 6.45) is 0.985. The Morgan fingerprint density at radius 1 is 1.40 bits per heavy atom. The maximum absolute atomic E-state index is 12.1. The lowest BCUT2D eigenvalue weighted by Gasteiger charge is -2.10. The molecule has 0 aliphatic carbocycles. The molecule has 0 aliphatic rings. The number of carbonyl (C=O) groups excluding carboxylic acids is 1. The van der Waals surface area contributed by atoms with Crippen molar-refractivity contribution in [2.45, 2.75) is 29.9 Å². The van der Waals surface area contributed by atoms with Gasteiger partial charge in [-0.1, -0.05) is 42.2 Å². The first-order valence-corrected chi connectivity index (χ1v) is 7.93. The minimum atomic E-state index is -0.256. The number of hydrogen-bond acceptors (Lipinski definition) is 6. The van der Waals surface area contributed by atoms with Crippen LogP contribution in [0.2, 0.25) is 0 Å². The van der Waals surface area contributed by atoms with E-state index in [-0.39, 0.29) is 11.2 Å². The molecule has 2 rings (SSSR count). The molecule has 1 unspecified atom stereocenters. The fourth-order valence-corrected chi connectivity index (χ4v) is 3.32. The zero-order chi connectivity index (χ0) is 14.5. The molecule has 0 saturated carbocycles. The number of nitrogens with two attached hydrogens (primary N) is 1. The summed E-state index contributed by atoms with van der Waals surface area (Å²) in [7, 11) is 0. The van der Waals surface area contributed by atoms with Gasteiger partial charge in [0.15, 0.2) is 4.34 Å². The first-order valence-electron chi connectivity index (χ1n) is 6.24. The molecule has 7 heteroatoms. The maximum atomic E-state index is 12.1. The number of carbonyl (C=O) groups is 1. The smallest absolute Gasteiger partial charge is 0.237 e. The molecule has 106 valence electrons. The zero-order valence-corrected chi connectivity index (χ0v) is 12.9. The highest BCUT2D eigenvalue weighted by molar-refractivity contribution is 8.02. The van der Waals surface area contributed by atoms with Crippen LogP contribution in [-0.2, 0) is 11.2 Å². The van der Waals surface area contributed by atoms with Crippen molar-refractivity contribution >= 4 is 39.8 Å². The molecule has 3 N–H and O–H groups in total. The Hall–Kier alpha value is -1.60. The number of hydrogen-bond donors (Lipinski definition) is 2. The third-order valence-corrected chi connectivity index (χ3v) is 4.64. The molecule has 1 atom stereocenters. The van der Waals surface area contributed by atoms with Crippen molar-refractivity contribution in [3.63, 3.8) is 0 Å². The van der Waals surface area contributed by atoms with E-state index in [0.29, 0.717) is 9.47 Å². The second-order valence-electron chi connectivity index (χ2n) is 4.21. The van der Waals surface area contributed by atoms with E-state index < -0.39 is 0 Å². The highest BCUT2D eigenvalue weighted by Crippen LogP contribution is 2.28. The van der Waals surface area contributed by atoms with Crippen LogP contribution in [-0.4, -0.2) is 21.4 Å². The first-order chi connectivity index (χ1) is 9.58. The molecule has 0 aliphatic heterocycles. The van der Waals surface area contributed by atoms with E-state index in [1.165, 1.54) is 28.7 Å². The van der Waals surface area contributed by atoms with Crippen LogP contribution in [0.15, 0.2) is 28.6 Å². The summed E-state index contributed by atoms with van der Waals surface area (Å²) < 4.78 is 0.700. The van der Waals surface area contributed by atoms with Crippen molar-refractivity contribution in [1.82, 2.24) is 10.2 Å². The predicted molar refractivity (Wildman–Crippen MR) is 84.1 cm³/mol. The van der Waals surface area contributed by atoms with Crippen LogP contribution in [0, 0.1) is 0 Å². The van der Waals surface area contributed by atoms with Crippen LogP contribution < -0.4 is 11.1 Å². The standard InChI is InChI=1S/C13H16N4OS2/c1-3-9-4-6-10(7-5-9)15-11(18)8(2)19-13-17-16-12(14)20-13/h4-8H,3H2,1-2H3,(H2,14,16)(H,15,18). The number of thioether (sulfide) groups is 1. The molecule has 2 aromatic rings. The van der Waals surface area contributed by atoms with Gasteiger partial charge in [-0.25, -0.2) is 0 Å². The molecular weight excluding hydrogens is 292 g/mol. The van der Waals surface area contributed by atoms with Gasteiger partial charge < -0.3 is 11.1 Å². The Morgan fingerprint density at radius 2 is 2.10 bits per heavy atom. The normalized spacial score (nSPS) is 12.1. The number of amides is 1. The fourth-order valence-electron chi connectivity index (χ4n) is 1.54. The average molecular weight is 308 g/mol. The molecular formula is C13H16N4OS2. The molecule has 1 amide bonds. The summed E-state index contributed by atoms with van der Waals surface area (Å²) in [5, 5.41) is 10.7. The van der Waals surface area contributed by atoms with Gasteiger partial charge in [0.2, 0.25) is 11.0 Å². The van der Waals surface area contributed by atoms with Crippen LogP contribution in [0.3, 0.4) is 0 Å². The Labute approximate surface area is 126 Å². The van der Waals surface area contributed by atoms with E-state index in [1.807, 2.05) is 31.2 Å². The summed E-state index contributed by atoms with van der Waals surface area (Å²) in [6, 6.07) is 7.85. The van der Waals surface area contributed by atoms with E-state index >= 15 is 0 Å². The summed E-state index contributed by atoms with van der Waals surface area (Å²) >= 11 is 2.64. The van der Waals surface area contributed by atoms with Crippen LogP contribution in [0.5, 0.6) is 0 Å². The highest BCUT2D eigenvalue weighted by Gasteiger charge is 2.16. The van der Waals surface area contributed by atoms with Crippen molar-refractivity contribution in [1.29, 1.82) is 0 Å². The van der Waals surface area contributed by atoms with Crippen molar-refractivity contribution < 1.29 is 4.79 Å². The number of anilines is 2. The molecule has 1 heterocycles. The fraction of sp³-hybridized carbons (Fsp3) is 0.308. The topological polar surface area (TPSA) is 80.9 Å². The summed E-state index contributed by atoms with van der Waals surface area (Å²) in [5.41, 5.74) is 7.56. The first kappa shape index (κ1) is 14.8. The third kappa shape index (κ3) is 3.94. The Kier molecular flexibility index (Phi) is 4.97. The molecule has 1 aromatic carbocycles. The number of nitrogens with one attached hydrogen (secondary N) is 1. The molecule has 0 radical (unpaired) electrons. The second kappa shape index (κ2) is 6.71. The largest absolute Gasteiger partial charge is 0.374 e. The number of rotatable bonds is 5. The van der Waals surface area contributed by atoms with Gasteiger partial charge in [-0.05, 0) is 31.0 Å². The van der Waals surface area contributed by atoms with E-state index in [1.54, 1.807) is 0 Å². The summed E-state index contributed by atoms with van der Waals surface area (Å²) in [4.78, 5) is 12.1. The van der Waals surface area contributed by atoms with E-state index in [4.69, 9.17) is 5.73 Å². The van der Waals surface area contributed by atoms with Gasteiger partial charge in [-0.15, -0.1) is 10.2 Å². The van der Waals surface area contributed by atoms with Crippen LogP contribution in [0.4, 0.5) is 10.8 Å². The van der Waals surface area contributed by atoms with Gasteiger partial charge in [0.25, 0.3) is 0 Å². The van der Waals surface area contributed by atoms with Crippen molar-refractivity contribution in [2.24, 2.45) is 0 Å². The highest BCUT2D eigenvalue weighted by atomic mass is 32.2. The van der Waals surface area contributed by atoms with Crippen molar-refractivity contribution in [3.8, 4) is 0 Å². The van der Waals surface area contributed by atoms with Gasteiger partial charge in [0, 0.05) is 5.69 Å². The molecule has 0 fully saturated rings. The van der Waals surface area contributed by atoms with E-state index in [0.717, 1.165) is 12.1 Å². The molecule has 0 saturated heterocycles. The average Bonchev–Trinajstić information content (AvgIpc) is 2.85. The Balaban J connectivity index is 1.93. The Bertz CT molecular complexity index is 582. The molecule has 5 nitrogen and oxygen atoms in total. The Morgan fingerprint density at radius 3 is 2.65 bits per heavy atom. The van der Waals surface area contributed by atoms with E-state index in [2.05, 4.69) is 22.4 Å².